The summed E-state index contributed by atoms with van der Waals surface area (Å²) in [6.07, 6.45) is 6.71. The van der Waals surface area contributed by atoms with E-state index in [1.807, 2.05) is 29.2 Å². The van der Waals surface area contributed by atoms with Crippen LogP contribution in [-0.4, -0.2) is 53.1 Å². The lowest BCUT2D eigenvalue weighted by Crippen LogP contribution is -2.39. The minimum atomic E-state index is 0. The number of guanidine groups is 1. The second kappa shape index (κ2) is 14.9. The molecule has 0 atom stereocenters. The average Bonchev–Trinajstić information content (AvgIpc) is 3.17. The molecule has 33 heavy (non-hydrogen) atoms. The minimum Gasteiger partial charge on any atom is -0.357 e. The van der Waals surface area contributed by atoms with E-state index in [2.05, 4.69) is 34.6 Å². The monoisotopic (exact) mass is 568 g/mol. The Morgan fingerprint density at radius 2 is 2.09 bits per heavy atom. The van der Waals surface area contributed by atoms with Gasteiger partial charge in [0, 0.05) is 44.6 Å². The highest BCUT2D eigenvalue weighted by Crippen LogP contribution is 2.19. The molecule has 0 aliphatic carbocycles. The number of hydrogen-bond donors (Lipinski definition) is 2. The lowest BCUT2D eigenvalue weighted by atomic mass is 10.1. The number of hydrogen-bond acceptors (Lipinski definition) is 5. The van der Waals surface area contributed by atoms with E-state index >= 15 is 0 Å². The fraction of sp³-hybridized carbons (Fsp3) is 0.583. The molecule has 0 radical (unpaired) electrons. The van der Waals surface area contributed by atoms with Gasteiger partial charge in [0.2, 0.25) is 5.91 Å². The third kappa shape index (κ3) is 8.94. The van der Waals surface area contributed by atoms with Crippen molar-refractivity contribution in [3.63, 3.8) is 0 Å². The lowest BCUT2D eigenvalue weighted by molar-refractivity contribution is -0.130. The Labute approximate surface area is 214 Å². The maximum absolute atomic E-state index is 12.1. The molecule has 1 aliphatic heterocycles. The first-order valence-electron chi connectivity index (χ1n) is 11.9. The molecule has 1 aromatic heterocycles. The lowest BCUT2D eigenvalue weighted by Gasteiger charge is -2.20. The number of nitrogens with zero attached hydrogens (tertiary/aromatic N) is 4. The largest absolute Gasteiger partial charge is 0.357 e. The number of rotatable bonds is 10. The standard InChI is InChI=1S/C24H36N6O2.HI/c1-3-10-21-28-23(32-29-21)20-12-8-11-19(17-20)18-27-24(25-4-2)26-14-9-16-30-15-7-5-6-13-22(30)31;/h8,11-12,17H,3-7,9-10,13-16,18H2,1-2H3,(H2,25,26,27);1H. The fourth-order valence-electron chi connectivity index (χ4n) is 3.76. The van der Waals surface area contributed by atoms with Crippen molar-refractivity contribution < 1.29 is 9.32 Å². The van der Waals surface area contributed by atoms with Crippen molar-refractivity contribution in [1.29, 1.82) is 0 Å². The molecule has 1 aliphatic rings. The van der Waals surface area contributed by atoms with Gasteiger partial charge < -0.3 is 20.1 Å². The van der Waals surface area contributed by atoms with Gasteiger partial charge in [-0.15, -0.1) is 24.0 Å². The van der Waals surface area contributed by atoms with Gasteiger partial charge in [-0.3, -0.25) is 4.79 Å². The average molecular weight is 569 g/mol. The van der Waals surface area contributed by atoms with Crippen LogP contribution in [-0.2, 0) is 17.8 Å². The highest BCUT2D eigenvalue weighted by atomic mass is 127. The van der Waals surface area contributed by atoms with Crippen LogP contribution in [0.1, 0.15) is 63.8 Å². The van der Waals surface area contributed by atoms with Crippen molar-refractivity contribution >= 4 is 35.8 Å². The van der Waals surface area contributed by atoms with Crippen molar-refractivity contribution in [1.82, 2.24) is 25.7 Å². The molecule has 0 unspecified atom stereocenters. The molecular formula is C24H37IN6O2. The predicted octanol–water partition coefficient (Wildman–Crippen LogP) is 4.15. The highest BCUT2D eigenvalue weighted by molar-refractivity contribution is 14.0. The van der Waals surface area contributed by atoms with Crippen LogP contribution >= 0.6 is 24.0 Å². The van der Waals surface area contributed by atoms with E-state index in [1.165, 1.54) is 0 Å². The number of nitrogens with one attached hydrogen (secondary N) is 2. The number of aryl methyl sites for hydroxylation is 1. The minimum absolute atomic E-state index is 0. The number of carbonyl (C=O) groups is 1. The second-order valence-corrected chi connectivity index (χ2v) is 8.13. The van der Waals surface area contributed by atoms with E-state index in [-0.39, 0.29) is 24.0 Å². The predicted molar refractivity (Wildman–Crippen MR) is 142 cm³/mol. The van der Waals surface area contributed by atoms with E-state index in [0.29, 0.717) is 24.8 Å². The molecule has 0 bridgehead atoms. The Balaban J connectivity index is 0.00000385. The fourth-order valence-corrected chi connectivity index (χ4v) is 3.76. The molecular weight excluding hydrogens is 531 g/mol. The Hall–Kier alpha value is -2.17. The molecule has 1 amide bonds. The maximum Gasteiger partial charge on any atom is 0.257 e. The number of likely N-dealkylation sites (tertiary alicyclic amines) is 1. The summed E-state index contributed by atoms with van der Waals surface area (Å²) in [5.41, 5.74) is 1.98. The number of amides is 1. The first-order chi connectivity index (χ1) is 15.7. The second-order valence-electron chi connectivity index (χ2n) is 8.13. The van der Waals surface area contributed by atoms with Gasteiger partial charge in [0.1, 0.15) is 0 Å². The Kier molecular flexibility index (Phi) is 12.2. The van der Waals surface area contributed by atoms with Crippen LogP contribution in [0, 0.1) is 0 Å². The van der Waals surface area contributed by atoms with Gasteiger partial charge in [0.05, 0.1) is 6.54 Å². The van der Waals surface area contributed by atoms with Crippen LogP contribution in [0.4, 0.5) is 0 Å². The van der Waals surface area contributed by atoms with Gasteiger partial charge in [0.25, 0.3) is 5.89 Å². The van der Waals surface area contributed by atoms with E-state index in [0.717, 1.165) is 87.6 Å². The normalized spacial score (nSPS) is 14.5. The molecule has 2 aromatic rings. The van der Waals surface area contributed by atoms with Crippen molar-refractivity contribution in [3.8, 4) is 11.5 Å². The molecule has 0 saturated carbocycles. The number of halogens is 1. The van der Waals surface area contributed by atoms with Gasteiger partial charge in [-0.05, 0) is 50.3 Å². The molecule has 0 spiro atoms. The maximum atomic E-state index is 12.1. The Morgan fingerprint density at radius 3 is 2.91 bits per heavy atom. The SMILES string of the molecule is CCCc1noc(-c2cccc(CN=C(NCC)NCCCN3CCCCCC3=O)c2)n1.I. The molecule has 182 valence electrons. The third-order valence-electron chi connectivity index (χ3n) is 5.45. The van der Waals surface area contributed by atoms with E-state index in [4.69, 9.17) is 9.52 Å². The van der Waals surface area contributed by atoms with Crippen molar-refractivity contribution in [2.45, 2.75) is 65.3 Å². The number of aliphatic imine (C=N–C) groups is 1. The first kappa shape index (κ1) is 27.1. The molecule has 2 heterocycles. The van der Waals surface area contributed by atoms with Crippen LogP contribution in [0.5, 0.6) is 0 Å². The van der Waals surface area contributed by atoms with Gasteiger partial charge in [-0.2, -0.15) is 4.98 Å². The van der Waals surface area contributed by atoms with E-state index < -0.39 is 0 Å². The summed E-state index contributed by atoms with van der Waals surface area (Å²) in [5.74, 6) is 2.37. The van der Waals surface area contributed by atoms with E-state index in [9.17, 15) is 4.79 Å². The van der Waals surface area contributed by atoms with Crippen molar-refractivity contribution in [2.24, 2.45) is 4.99 Å². The Bertz CT molecular complexity index is 885. The summed E-state index contributed by atoms with van der Waals surface area (Å²) in [4.78, 5) is 23.3. The third-order valence-corrected chi connectivity index (χ3v) is 5.45. The zero-order valence-corrected chi connectivity index (χ0v) is 22.1. The molecule has 9 heteroatoms. The van der Waals surface area contributed by atoms with Crippen molar-refractivity contribution in [3.05, 3.63) is 35.7 Å². The smallest absolute Gasteiger partial charge is 0.257 e. The summed E-state index contributed by atoms with van der Waals surface area (Å²) in [6.45, 7) is 7.96. The molecule has 3 rings (SSSR count). The highest BCUT2D eigenvalue weighted by Gasteiger charge is 2.15. The zero-order valence-electron chi connectivity index (χ0n) is 19.8. The summed E-state index contributed by atoms with van der Waals surface area (Å²) >= 11 is 0. The summed E-state index contributed by atoms with van der Waals surface area (Å²) in [7, 11) is 0. The quantitative estimate of drug-likeness (QED) is 0.194. The molecule has 1 fully saturated rings. The molecule has 8 nitrogen and oxygen atoms in total. The summed E-state index contributed by atoms with van der Waals surface area (Å²) < 4.78 is 5.40. The van der Waals surface area contributed by atoms with Gasteiger partial charge >= 0.3 is 0 Å². The van der Waals surface area contributed by atoms with E-state index in [1.54, 1.807) is 0 Å². The number of benzene rings is 1. The van der Waals surface area contributed by atoms with Crippen molar-refractivity contribution in [2.75, 3.05) is 26.2 Å². The first-order valence-corrected chi connectivity index (χ1v) is 11.9. The molecule has 2 N–H and O–H groups in total. The number of carbonyl (C=O) groups excluding carboxylic acids is 1. The van der Waals surface area contributed by atoms with Crippen LogP contribution in [0.15, 0.2) is 33.8 Å². The zero-order chi connectivity index (χ0) is 22.6. The number of aromatic nitrogens is 2. The molecule has 1 aromatic carbocycles. The van der Waals surface area contributed by atoms with Gasteiger partial charge in [0.15, 0.2) is 11.8 Å². The van der Waals surface area contributed by atoms with Gasteiger partial charge in [-0.25, -0.2) is 4.99 Å². The Morgan fingerprint density at radius 1 is 1.21 bits per heavy atom. The topological polar surface area (TPSA) is 95.6 Å². The molecule has 1 saturated heterocycles. The van der Waals surface area contributed by atoms with Crippen LogP contribution in [0.2, 0.25) is 0 Å². The van der Waals surface area contributed by atoms with Crippen LogP contribution < -0.4 is 10.6 Å². The van der Waals surface area contributed by atoms with Crippen LogP contribution in [0.3, 0.4) is 0 Å². The summed E-state index contributed by atoms with van der Waals surface area (Å²) in [6, 6.07) is 8.05. The van der Waals surface area contributed by atoms with Gasteiger partial charge in [-0.1, -0.05) is 30.6 Å². The van der Waals surface area contributed by atoms with Crippen LogP contribution in [0.25, 0.3) is 11.5 Å². The summed E-state index contributed by atoms with van der Waals surface area (Å²) in [5, 5.41) is 10.7.